The molecule has 1 aromatic heterocycles. The van der Waals surface area contributed by atoms with Crippen molar-refractivity contribution in [2.45, 2.75) is 18.2 Å². The molecule has 25 heavy (non-hydrogen) atoms. The van der Waals surface area contributed by atoms with Gasteiger partial charge in [0, 0.05) is 18.2 Å². The number of sulfonamides is 1. The lowest BCUT2D eigenvalue weighted by atomic mass is 10.3. The Kier molecular flexibility index (Phi) is 6.40. The molecule has 0 spiro atoms. The summed E-state index contributed by atoms with van der Waals surface area (Å²) < 4.78 is 42.0. The number of aromatic nitrogens is 1. The minimum atomic E-state index is -4.17. The Morgan fingerprint density at radius 2 is 2.08 bits per heavy atom. The maximum Gasteiger partial charge on any atom is 0.267 e. The molecule has 2 rings (SSSR count). The first kappa shape index (κ1) is 19.2. The fourth-order valence-electron chi connectivity index (χ4n) is 1.95. The van der Waals surface area contributed by atoms with Crippen molar-refractivity contribution < 1.29 is 27.2 Å². The number of amides is 1. The molecular formula is C15H17ClN2O6S. The number of nitrogens with one attached hydrogen (secondary N) is 1. The molecule has 0 aliphatic carbocycles. The first-order valence-corrected chi connectivity index (χ1v) is 9.07. The van der Waals surface area contributed by atoms with E-state index >= 15 is 0 Å². The zero-order valence-corrected chi connectivity index (χ0v) is 15.2. The summed E-state index contributed by atoms with van der Waals surface area (Å²) in [5, 5.41) is 3.84. The van der Waals surface area contributed by atoms with Crippen molar-refractivity contribution in [3.8, 4) is 5.75 Å². The van der Waals surface area contributed by atoms with Gasteiger partial charge in [0.05, 0.1) is 18.7 Å². The van der Waals surface area contributed by atoms with E-state index in [-0.39, 0.29) is 35.3 Å². The van der Waals surface area contributed by atoms with E-state index < -0.39 is 15.9 Å². The van der Waals surface area contributed by atoms with Gasteiger partial charge in [0.25, 0.3) is 10.0 Å². The van der Waals surface area contributed by atoms with Gasteiger partial charge in [-0.15, -0.1) is 0 Å². The Morgan fingerprint density at radius 3 is 2.72 bits per heavy atom. The molecule has 136 valence electrons. The number of carbonyl (C=O) groups is 1. The van der Waals surface area contributed by atoms with Crippen LogP contribution >= 0.6 is 11.6 Å². The van der Waals surface area contributed by atoms with Crippen molar-refractivity contribution in [1.29, 1.82) is 0 Å². The van der Waals surface area contributed by atoms with Gasteiger partial charge < -0.3 is 14.0 Å². The SMILES string of the molecule is COCCOc1ccc(Cl)cc1S(=O)(=O)NC(=O)Cc1cc(C)on1. The standard InChI is InChI=1S/C15H17ClN2O6S/c1-10-7-12(17-24-10)9-15(19)18-25(20,21)14-8-11(16)3-4-13(14)23-6-5-22-2/h3-4,7-8H,5-6,9H2,1-2H3,(H,18,19). The number of carbonyl (C=O) groups excluding carboxylic acids is 1. The van der Waals surface area contributed by atoms with Crippen LogP contribution in [-0.2, 0) is 26.0 Å². The predicted molar refractivity (Wildman–Crippen MR) is 89.1 cm³/mol. The largest absolute Gasteiger partial charge is 0.490 e. The van der Waals surface area contributed by atoms with E-state index in [1.54, 1.807) is 13.0 Å². The van der Waals surface area contributed by atoms with Crippen molar-refractivity contribution in [1.82, 2.24) is 9.88 Å². The molecule has 0 aliphatic heterocycles. The number of nitrogens with zero attached hydrogens (tertiary/aromatic N) is 1. The van der Waals surface area contributed by atoms with Crippen LogP contribution in [0.4, 0.5) is 0 Å². The van der Waals surface area contributed by atoms with Crippen molar-refractivity contribution in [2.24, 2.45) is 0 Å². The van der Waals surface area contributed by atoms with Gasteiger partial charge >= 0.3 is 0 Å². The molecular weight excluding hydrogens is 372 g/mol. The zero-order valence-electron chi connectivity index (χ0n) is 13.6. The molecule has 1 amide bonds. The molecule has 0 aliphatic rings. The summed E-state index contributed by atoms with van der Waals surface area (Å²) in [7, 11) is -2.68. The average molecular weight is 389 g/mol. The van der Waals surface area contributed by atoms with Crippen LogP contribution in [0.3, 0.4) is 0 Å². The highest BCUT2D eigenvalue weighted by Crippen LogP contribution is 2.27. The second-order valence-electron chi connectivity index (χ2n) is 5.07. The molecule has 10 heteroatoms. The minimum absolute atomic E-state index is 0.0685. The predicted octanol–water partition coefficient (Wildman–Crippen LogP) is 1.71. The number of hydrogen-bond acceptors (Lipinski definition) is 7. The van der Waals surface area contributed by atoms with E-state index in [1.807, 2.05) is 4.72 Å². The highest BCUT2D eigenvalue weighted by molar-refractivity contribution is 7.90. The van der Waals surface area contributed by atoms with Crippen LogP contribution in [0.15, 0.2) is 33.7 Å². The van der Waals surface area contributed by atoms with Gasteiger partial charge in [-0.3, -0.25) is 4.79 Å². The minimum Gasteiger partial charge on any atom is -0.490 e. The van der Waals surface area contributed by atoms with E-state index in [4.69, 9.17) is 25.6 Å². The van der Waals surface area contributed by atoms with E-state index in [0.29, 0.717) is 11.5 Å². The Labute approximate surface area is 150 Å². The van der Waals surface area contributed by atoms with Gasteiger partial charge in [-0.25, -0.2) is 13.1 Å². The third-order valence-corrected chi connectivity index (χ3v) is 4.64. The number of hydrogen-bond donors (Lipinski definition) is 1. The normalized spacial score (nSPS) is 11.3. The summed E-state index contributed by atoms with van der Waals surface area (Å²) >= 11 is 5.87. The Morgan fingerprint density at radius 1 is 1.32 bits per heavy atom. The van der Waals surface area contributed by atoms with Crippen LogP contribution in [0.1, 0.15) is 11.5 Å². The van der Waals surface area contributed by atoms with Gasteiger partial charge in [0.2, 0.25) is 5.91 Å². The summed E-state index contributed by atoms with van der Waals surface area (Å²) in [6.07, 6.45) is -0.239. The van der Waals surface area contributed by atoms with Crippen LogP contribution in [0, 0.1) is 6.92 Å². The van der Waals surface area contributed by atoms with Crippen LogP contribution < -0.4 is 9.46 Å². The van der Waals surface area contributed by atoms with Gasteiger partial charge in [0.1, 0.15) is 23.0 Å². The third-order valence-electron chi connectivity index (χ3n) is 3.01. The Bertz CT molecular complexity index is 849. The van der Waals surface area contributed by atoms with Crippen LogP contribution in [0.5, 0.6) is 5.75 Å². The maximum atomic E-state index is 12.5. The van der Waals surface area contributed by atoms with E-state index in [0.717, 1.165) is 0 Å². The van der Waals surface area contributed by atoms with Gasteiger partial charge in [0.15, 0.2) is 0 Å². The summed E-state index contributed by atoms with van der Waals surface area (Å²) in [6.45, 7) is 2.09. The summed E-state index contributed by atoms with van der Waals surface area (Å²) in [6, 6.07) is 5.66. The number of aryl methyl sites for hydroxylation is 1. The average Bonchev–Trinajstić information content (AvgIpc) is 2.93. The van der Waals surface area contributed by atoms with E-state index in [9.17, 15) is 13.2 Å². The molecule has 1 N–H and O–H groups in total. The summed E-state index contributed by atoms with van der Waals surface area (Å²) in [5.74, 6) is -0.163. The lowest BCUT2D eigenvalue weighted by Crippen LogP contribution is -2.32. The maximum absolute atomic E-state index is 12.5. The quantitative estimate of drug-likeness (QED) is 0.686. The molecule has 0 saturated carbocycles. The van der Waals surface area contributed by atoms with Crippen molar-refractivity contribution in [3.63, 3.8) is 0 Å². The number of rotatable bonds is 8. The van der Waals surface area contributed by atoms with Crippen molar-refractivity contribution in [2.75, 3.05) is 20.3 Å². The molecule has 0 saturated heterocycles. The third kappa shape index (κ3) is 5.45. The van der Waals surface area contributed by atoms with E-state index in [1.165, 1.54) is 25.3 Å². The van der Waals surface area contributed by atoms with Crippen molar-refractivity contribution in [3.05, 3.63) is 40.7 Å². The molecule has 2 aromatic rings. The highest BCUT2D eigenvalue weighted by Gasteiger charge is 2.23. The molecule has 0 bridgehead atoms. The van der Waals surface area contributed by atoms with Gasteiger partial charge in [-0.2, -0.15) is 0 Å². The van der Waals surface area contributed by atoms with Crippen LogP contribution in [0.2, 0.25) is 5.02 Å². The molecule has 0 radical (unpaired) electrons. The number of benzene rings is 1. The first-order valence-electron chi connectivity index (χ1n) is 7.21. The van der Waals surface area contributed by atoms with Crippen LogP contribution in [-0.4, -0.2) is 39.8 Å². The Balaban J connectivity index is 2.17. The first-order chi connectivity index (χ1) is 11.8. The Hall–Kier alpha value is -2.10. The monoisotopic (exact) mass is 388 g/mol. The van der Waals surface area contributed by atoms with Crippen molar-refractivity contribution >= 4 is 27.5 Å². The summed E-state index contributed by atoms with van der Waals surface area (Å²) in [4.78, 5) is 11.8. The summed E-state index contributed by atoms with van der Waals surface area (Å²) in [5.41, 5.74) is 0.327. The molecule has 8 nitrogen and oxygen atoms in total. The lowest BCUT2D eigenvalue weighted by Gasteiger charge is -2.13. The number of methoxy groups -OCH3 is 1. The highest BCUT2D eigenvalue weighted by atomic mass is 35.5. The van der Waals surface area contributed by atoms with Gasteiger partial charge in [-0.05, 0) is 25.1 Å². The van der Waals surface area contributed by atoms with Crippen LogP contribution in [0.25, 0.3) is 0 Å². The molecule has 1 aromatic carbocycles. The molecule has 0 atom stereocenters. The molecule has 1 heterocycles. The zero-order chi connectivity index (χ0) is 18.4. The molecule has 0 fully saturated rings. The van der Waals surface area contributed by atoms with E-state index in [2.05, 4.69) is 5.16 Å². The number of ether oxygens (including phenoxy) is 2. The van der Waals surface area contributed by atoms with Gasteiger partial charge in [-0.1, -0.05) is 16.8 Å². The fraction of sp³-hybridized carbons (Fsp3) is 0.333. The smallest absolute Gasteiger partial charge is 0.267 e. The second kappa shape index (κ2) is 8.32. The molecule has 0 unspecified atom stereocenters. The number of halogens is 1. The lowest BCUT2D eigenvalue weighted by molar-refractivity contribution is -0.118. The fourth-order valence-corrected chi connectivity index (χ4v) is 3.35. The second-order valence-corrected chi connectivity index (χ2v) is 7.15. The topological polar surface area (TPSA) is 108 Å².